The molecular formula is C12H26O. The first-order chi connectivity index (χ1) is 6.11. The Morgan fingerprint density at radius 3 is 2.15 bits per heavy atom. The quantitative estimate of drug-likeness (QED) is 0.644. The average molecular weight is 186 g/mol. The third kappa shape index (κ3) is 6.09. The van der Waals surface area contributed by atoms with E-state index in [-0.39, 0.29) is 6.10 Å². The number of hydrogen-bond donors (Lipinski definition) is 1. The van der Waals surface area contributed by atoms with Gasteiger partial charge in [-0.1, -0.05) is 46.5 Å². The van der Waals surface area contributed by atoms with Crippen molar-refractivity contribution in [2.24, 2.45) is 11.8 Å². The lowest BCUT2D eigenvalue weighted by Gasteiger charge is -2.21. The van der Waals surface area contributed by atoms with Gasteiger partial charge in [-0.25, -0.2) is 0 Å². The molecule has 0 amide bonds. The molecule has 0 fully saturated rings. The molecule has 0 aromatic carbocycles. The molecule has 0 aliphatic carbocycles. The molecule has 0 aliphatic rings. The van der Waals surface area contributed by atoms with Crippen LogP contribution in [0.15, 0.2) is 0 Å². The Kier molecular flexibility index (Phi) is 7.35. The molecule has 0 bridgehead atoms. The number of hydrogen-bond acceptors (Lipinski definition) is 1. The zero-order valence-electron chi connectivity index (χ0n) is 9.71. The standard InChI is InChI=1S/C12H26O/c1-5-7-8-12(6-2)9-10(3)11(4)13/h10-13H,5-9H2,1-4H3. The van der Waals surface area contributed by atoms with Crippen molar-refractivity contribution >= 4 is 0 Å². The van der Waals surface area contributed by atoms with E-state index in [0.717, 1.165) is 5.92 Å². The second kappa shape index (κ2) is 7.37. The van der Waals surface area contributed by atoms with Crippen molar-refractivity contribution in [2.75, 3.05) is 0 Å². The Labute approximate surface area is 83.5 Å². The molecule has 1 nitrogen and oxygen atoms in total. The molecule has 3 unspecified atom stereocenters. The predicted molar refractivity (Wildman–Crippen MR) is 58.8 cm³/mol. The summed E-state index contributed by atoms with van der Waals surface area (Å²) in [6.07, 6.45) is 6.27. The summed E-state index contributed by atoms with van der Waals surface area (Å²) in [5, 5.41) is 9.39. The van der Waals surface area contributed by atoms with E-state index >= 15 is 0 Å². The molecule has 0 aliphatic heterocycles. The summed E-state index contributed by atoms with van der Waals surface area (Å²) in [5.74, 6) is 1.28. The van der Waals surface area contributed by atoms with E-state index in [9.17, 15) is 5.11 Å². The summed E-state index contributed by atoms with van der Waals surface area (Å²) in [7, 11) is 0. The van der Waals surface area contributed by atoms with Crippen molar-refractivity contribution in [1.29, 1.82) is 0 Å². The summed E-state index contributed by atoms with van der Waals surface area (Å²) >= 11 is 0. The van der Waals surface area contributed by atoms with Gasteiger partial charge in [0.2, 0.25) is 0 Å². The lowest BCUT2D eigenvalue weighted by atomic mass is 9.87. The van der Waals surface area contributed by atoms with E-state index in [1.807, 2.05) is 6.92 Å². The molecular weight excluding hydrogens is 160 g/mol. The van der Waals surface area contributed by atoms with E-state index in [4.69, 9.17) is 0 Å². The molecule has 0 spiro atoms. The van der Waals surface area contributed by atoms with Gasteiger partial charge >= 0.3 is 0 Å². The molecule has 1 N–H and O–H groups in total. The van der Waals surface area contributed by atoms with Crippen LogP contribution in [0.25, 0.3) is 0 Å². The van der Waals surface area contributed by atoms with Gasteiger partial charge in [-0.3, -0.25) is 0 Å². The predicted octanol–water partition coefficient (Wildman–Crippen LogP) is 3.61. The normalized spacial score (nSPS) is 18.2. The van der Waals surface area contributed by atoms with Crippen LogP contribution in [0.5, 0.6) is 0 Å². The fourth-order valence-electron chi connectivity index (χ4n) is 1.70. The van der Waals surface area contributed by atoms with Crippen LogP contribution in [0.2, 0.25) is 0 Å². The topological polar surface area (TPSA) is 20.2 Å². The number of unbranched alkanes of at least 4 members (excludes halogenated alkanes) is 1. The van der Waals surface area contributed by atoms with E-state index in [2.05, 4.69) is 20.8 Å². The smallest absolute Gasteiger partial charge is 0.0537 e. The van der Waals surface area contributed by atoms with Gasteiger partial charge in [0.05, 0.1) is 6.10 Å². The molecule has 0 aromatic rings. The summed E-state index contributed by atoms with van der Waals surface area (Å²) in [4.78, 5) is 0. The second-order valence-electron chi connectivity index (χ2n) is 4.37. The zero-order chi connectivity index (χ0) is 10.3. The fourth-order valence-corrected chi connectivity index (χ4v) is 1.70. The summed E-state index contributed by atoms with van der Waals surface area (Å²) < 4.78 is 0. The van der Waals surface area contributed by atoms with Gasteiger partial charge in [-0.2, -0.15) is 0 Å². The van der Waals surface area contributed by atoms with Gasteiger partial charge in [0.25, 0.3) is 0 Å². The Morgan fingerprint density at radius 1 is 1.15 bits per heavy atom. The molecule has 0 radical (unpaired) electrons. The molecule has 0 saturated heterocycles. The maximum atomic E-state index is 9.39. The van der Waals surface area contributed by atoms with Crippen molar-refractivity contribution in [3.05, 3.63) is 0 Å². The van der Waals surface area contributed by atoms with Crippen molar-refractivity contribution in [3.8, 4) is 0 Å². The highest BCUT2D eigenvalue weighted by Gasteiger charge is 2.14. The molecule has 80 valence electrons. The van der Waals surface area contributed by atoms with E-state index < -0.39 is 0 Å². The number of rotatable bonds is 7. The molecule has 0 aromatic heterocycles. The first kappa shape index (κ1) is 13.0. The van der Waals surface area contributed by atoms with Crippen LogP contribution in [0.3, 0.4) is 0 Å². The minimum atomic E-state index is -0.143. The maximum Gasteiger partial charge on any atom is 0.0537 e. The highest BCUT2D eigenvalue weighted by molar-refractivity contribution is 4.66. The molecule has 0 heterocycles. The van der Waals surface area contributed by atoms with Crippen LogP contribution in [0, 0.1) is 11.8 Å². The number of aliphatic hydroxyl groups excluding tert-OH is 1. The van der Waals surface area contributed by atoms with Gasteiger partial charge in [-0.05, 0) is 25.2 Å². The van der Waals surface area contributed by atoms with Gasteiger partial charge < -0.3 is 5.11 Å². The fraction of sp³-hybridized carbons (Fsp3) is 1.00. The SMILES string of the molecule is CCCCC(CC)CC(C)C(C)O. The first-order valence-corrected chi connectivity index (χ1v) is 5.79. The van der Waals surface area contributed by atoms with Crippen LogP contribution in [-0.2, 0) is 0 Å². The largest absolute Gasteiger partial charge is 0.393 e. The first-order valence-electron chi connectivity index (χ1n) is 5.79. The van der Waals surface area contributed by atoms with Gasteiger partial charge in [-0.15, -0.1) is 0 Å². The highest BCUT2D eigenvalue weighted by atomic mass is 16.3. The summed E-state index contributed by atoms with van der Waals surface area (Å²) in [6.45, 7) is 8.55. The van der Waals surface area contributed by atoms with E-state index in [0.29, 0.717) is 5.92 Å². The van der Waals surface area contributed by atoms with Crippen molar-refractivity contribution in [1.82, 2.24) is 0 Å². The minimum Gasteiger partial charge on any atom is -0.393 e. The Bertz CT molecular complexity index is 110. The molecule has 0 saturated carbocycles. The van der Waals surface area contributed by atoms with Crippen LogP contribution in [0.4, 0.5) is 0 Å². The van der Waals surface area contributed by atoms with E-state index in [1.165, 1.54) is 32.1 Å². The molecule has 0 rings (SSSR count). The average Bonchev–Trinajstić information content (AvgIpc) is 2.11. The Balaban J connectivity index is 3.69. The Hall–Kier alpha value is -0.0400. The monoisotopic (exact) mass is 186 g/mol. The van der Waals surface area contributed by atoms with Gasteiger partial charge in [0, 0.05) is 0 Å². The van der Waals surface area contributed by atoms with Crippen LogP contribution in [0.1, 0.15) is 59.8 Å². The summed E-state index contributed by atoms with van der Waals surface area (Å²) in [6, 6.07) is 0. The summed E-state index contributed by atoms with van der Waals surface area (Å²) in [5.41, 5.74) is 0. The van der Waals surface area contributed by atoms with Crippen molar-refractivity contribution < 1.29 is 5.11 Å². The molecule has 1 heteroatoms. The molecule has 3 atom stereocenters. The Morgan fingerprint density at radius 2 is 1.77 bits per heavy atom. The van der Waals surface area contributed by atoms with Crippen LogP contribution < -0.4 is 0 Å². The van der Waals surface area contributed by atoms with Crippen LogP contribution in [-0.4, -0.2) is 11.2 Å². The van der Waals surface area contributed by atoms with Crippen molar-refractivity contribution in [2.45, 2.75) is 65.9 Å². The van der Waals surface area contributed by atoms with Crippen LogP contribution >= 0.6 is 0 Å². The van der Waals surface area contributed by atoms with Gasteiger partial charge in [0.1, 0.15) is 0 Å². The third-order valence-electron chi connectivity index (χ3n) is 3.07. The third-order valence-corrected chi connectivity index (χ3v) is 3.07. The minimum absolute atomic E-state index is 0.143. The molecule has 13 heavy (non-hydrogen) atoms. The van der Waals surface area contributed by atoms with Crippen molar-refractivity contribution in [3.63, 3.8) is 0 Å². The highest BCUT2D eigenvalue weighted by Crippen LogP contribution is 2.23. The van der Waals surface area contributed by atoms with Gasteiger partial charge in [0.15, 0.2) is 0 Å². The lowest BCUT2D eigenvalue weighted by molar-refractivity contribution is 0.116. The zero-order valence-corrected chi connectivity index (χ0v) is 9.71. The maximum absolute atomic E-state index is 9.39. The van der Waals surface area contributed by atoms with E-state index in [1.54, 1.807) is 0 Å². The second-order valence-corrected chi connectivity index (χ2v) is 4.37. The lowest BCUT2D eigenvalue weighted by Crippen LogP contribution is -2.17. The number of aliphatic hydroxyl groups is 1.